The van der Waals surface area contributed by atoms with E-state index in [-0.39, 0.29) is 24.5 Å². The second kappa shape index (κ2) is 25.9. The van der Waals surface area contributed by atoms with Crippen LogP contribution in [0.25, 0.3) is 5.52 Å². The Morgan fingerprint density at radius 3 is 2.28 bits per heavy atom. The number of nitrogens with two attached hydrogens (primary N) is 1. The fourth-order valence-electron chi connectivity index (χ4n) is 7.19. The van der Waals surface area contributed by atoms with Crippen LogP contribution in [-0.4, -0.2) is 75.6 Å². The zero-order valence-electron chi connectivity index (χ0n) is 34.8. The Morgan fingerprint density at radius 1 is 0.950 bits per heavy atom. The molecule has 2 aromatic heterocycles. The summed E-state index contributed by atoms with van der Waals surface area (Å²) in [7, 11) is -4.83. The lowest BCUT2D eigenvalue weighted by molar-refractivity contribution is -0.0690. The number of nitriles is 2. The van der Waals surface area contributed by atoms with E-state index in [9.17, 15) is 34.6 Å². The summed E-state index contributed by atoms with van der Waals surface area (Å²) >= 11 is 0. The minimum atomic E-state index is -4.83. The van der Waals surface area contributed by atoms with Gasteiger partial charge in [0.1, 0.15) is 36.3 Å². The van der Waals surface area contributed by atoms with Gasteiger partial charge in [0.2, 0.25) is 5.60 Å². The Balaban J connectivity index is 1.18. The standard InChI is InChI=1S/C44H63FN5O9P/c1-2-3-4-5-6-7-8-9-10-11-12-13-14-15-16-17-18-19-24-55-30-37(56-29-35-25-34(28-46)26-36(45)27-35)31-57-60(53,54)58-32-40-42(51)43(52)44(33-47,59-40)41-21-20-39-38(48)22-23-49-50(39)41/h9-10,20-23,25-27,37,40,42-43,51-52H,2-8,11-19,24,29-32,48H2,1H3,(H,53,54)/b10-9-/t37-,40-,42-,43-,44+/m1/s1. The molecule has 0 bridgehead atoms. The molecule has 0 spiro atoms. The molecule has 60 heavy (non-hydrogen) atoms. The van der Waals surface area contributed by atoms with E-state index >= 15 is 0 Å². The van der Waals surface area contributed by atoms with Crippen LogP contribution in [0.1, 0.15) is 126 Å². The van der Waals surface area contributed by atoms with Gasteiger partial charge in [-0.05, 0) is 74.1 Å². The molecule has 1 aromatic carbocycles. The number of fused-ring (bicyclic) bond motifs is 1. The Morgan fingerprint density at radius 2 is 1.62 bits per heavy atom. The molecule has 3 aromatic rings. The van der Waals surface area contributed by atoms with E-state index in [1.807, 2.05) is 12.1 Å². The van der Waals surface area contributed by atoms with E-state index in [1.54, 1.807) is 12.1 Å². The number of aromatic nitrogens is 2. The summed E-state index contributed by atoms with van der Waals surface area (Å²) in [5, 5.41) is 45.4. The number of allylic oxidation sites excluding steroid dienone is 2. The smallest absolute Gasteiger partial charge is 0.397 e. The highest BCUT2D eigenvalue weighted by Crippen LogP contribution is 2.46. The van der Waals surface area contributed by atoms with Crippen LogP contribution in [0.4, 0.5) is 10.1 Å². The molecule has 14 nitrogen and oxygen atoms in total. The quantitative estimate of drug-likeness (QED) is 0.0282. The largest absolute Gasteiger partial charge is 0.472 e. The SMILES string of the molecule is CCCCCCCC/C=C\CCCCCCCCCCOC[C@H](COP(=O)(O)OC[C@H]1O[C@@](C#N)(c2ccc3c(N)ccnn23)[C@H](O)[C@@H]1O)OCc1cc(F)cc(C#N)c1. The van der Waals surface area contributed by atoms with Crippen molar-refractivity contribution >= 4 is 19.0 Å². The van der Waals surface area contributed by atoms with Crippen molar-refractivity contribution < 1.29 is 47.3 Å². The van der Waals surface area contributed by atoms with Gasteiger partial charge in [0.25, 0.3) is 0 Å². The number of rotatable bonds is 30. The summed E-state index contributed by atoms with van der Waals surface area (Å²) in [4.78, 5) is 10.6. The Hall–Kier alpha value is -3.73. The molecule has 16 heteroatoms. The monoisotopic (exact) mass is 855 g/mol. The van der Waals surface area contributed by atoms with Crippen LogP contribution in [0.3, 0.4) is 0 Å². The van der Waals surface area contributed by atoms with Crippen molar-refractivity contribution in [1.29, 1.82) is 10.5 Å². The maximum absolute atomic E-state index is 14.1. The third kappa shape index (κ3) is 15.3. The van der Waals surface area contributed by atoms with Crippen LogP contribution >= 0.6 is 7.82 Å². The van der Waals surface area contributed by atoms with Crippen molar-refractivity contribution in [2.45, 2.75) is 146 Å². The first-order valence-electron chi connectivity index (χ1n) is 21.4. The molecule has 5 N–H and O–H groups in total. The van der Waals surface area contributed by atoms with Crippen molar-refractivity contribution in [2.24, 2.45) is 0 Å². The van der Waals surface area contributed by atoms with Gasteiger partial charge in [-0.1, -0.05) is 89.7 Å². The van der Waals surface area contributed by atoms with Crippen LogP contribution in [0, 0.1) is 28.5 Å². The second-order valence-electron chi connectivity index (χ2n) is 15.4. The molecule has 0 radical (unpaired) electrons. The fourth-order valence-corrected chi connectivity index (χ4v) is 7.96. The van der Waals surface area contributed by atoms with Crippen molar-refractivity contribution in [1.82, 2.24) is 9.61 Å². The minimum absolute atomic E-state index is 0.0149. The average Bonchev–Trinajstić information content (AvgIpc) is 3.79. The third-order valence-electron chi connectivity index (χ3n) is 10.6. The molecule has 1 fully saturated rings. The summed E-state index contributed by atoms with van der Waals surface area (Å²) in [6.45, 7) is 1.32. The average molecular weight is 856 g/mol. The number of benzene rings is 1. The number of nitrogen functional groups attached to an aromatic ring is 1. The van der Waals surface area contributed by atoms with Gasteiger partial charge in [0.15, 0.2) is 0 Å². The first kappa shape index (κ1) is 48.9. The molecular formula is C44H63FN5O9P. The van der Waals surface area contributed by atoms with Crippen LogP contribution in [0.15, 0.2) is 54.7 Å². The van der Waals surface area contributed by atoms with Gasteiger partial charge >= 0.3 is 7.82 Å². The summed E-state index contributed by atoms with van der Waals surface area (Å²) in [5.74, 6) is -0.608. The summed E-state index contributed by atoms with van der Waals surface area (Å²) < 4.78 is 56.4. The summed E-state index contributed by atoms with van der Waals surface area (Å²) in [5.41, 5.74) is 5.29. The van der Waals surface area contributed by atoms with Crippen LogP contribution in [0.2, 0.25) is 0 Å². The molecule has 6 atom stereocenters. The predicted octanol–water partition coefficient (Wildman–Crippen LogP) is 8.32. The van der Waals surface area contributed by atoms with Gasteiger partial charge in [-0.25, -0.2) is 13.5 Å². The van der Waals surface area contributed by atoms with Gasteiger partial charge in [-0.15, -0.1) is 0 Å². The summed E-state index contributed by atoms with van der Waals surface area (Å²) in [6.07, 6.45) is 19.6. The molecule has 0 aliphatic carbocycles. The molecular weight excluding hydrogens is 792 g/mol. The van der Waals surface area contributed by atoms with E-state index in [0.717, 1.165) is 38.2 Å². The zero-order chi connectivity index (χ0) is 43.2. The van der Waals surface area contributed by atoms with Gasteiger partial charge < -0.3 is 35.1 Å². The van der Waals surface area contributed by atoms with E-state index in [4.69, 9.17) is 29.0 Å². The zero-order valence-corrected chi connectivity index (χ0v) is 35.7. The van der Waals surface area contributed by atoms with Crippen LogP contribution in [0.5, 0.6) is 0 Å². The van der Waals surface area contributed by atoms with Crippen molar-refractivity contribution in [3.8, 4) is 12.1 Å². The Bertz CT molecular complexity index is 1900. The van der Waals surface area contributed by atoms with E-state index in [2.05, 4.69) is 24.2 Å². The first-order chi connectivity index (χ1) is 29.0. The van der Waals surface area contributed by atoms with Crippen molar-refractivity contribution in [2.75, 3.05) is 32.2 Å². The van der Waals surface area contributed by atoms with E-state index < -0.39 is 56.9 Å². The minimum Gasteiger partial charge on any atom is -0.397 e. The molecule has 4 rings (SSSR count). The van der Waals surface area contributed by atoms with E-state index in [1.165, 1.54) is 99.5 Å². The van der Waals surface area contributed by atoms with Gasteiger partial charge in [0, 0.05) is 12.8 Å². The number of aliphatic hydroxyl groups is 2. The van der Waals surface area contributed by atoms with Crippen molar-refractivity contribution in [3.63, 3.8) is 0 Å². The lowest BCUT2D eigenvalue weighted by Gasteiger charge is -2.24. The summed E-state index contributed by atoms with van der Waals surface area (Å²) in [6, 6.07) is 12.2. The lowest BCUT2D eigenvalue weighted by Crippen LogP contribution is -2.41. The lowest BCUT2D eigenvalue weighted by atomic mass is 9.92. The maximum atomic E-state index is 14.1. The Kier molecular flexibility index (Phi) is 21.1. The number of phosphoric ester groups is 1. The molecule has 3 heterocycles. The molecule has 1 saturated heterocycles. The number of hydrogen-bond acceptors (Lipinski definition) is 12. The third-order valence-corrected chi connectivity index (χ3v) is 11.5. The maximum Gasteiger partial charge on any atom is 0.472 e. The highest BCUT2D eigenvalue weighted by atomic mass is 31.2. The number of aliphatic hydroxyl groups excluding tert-OH is 2. The van der Waals surface area contributed by atoms with Crippen molar-refractivity contribution in [3.05, 3.63) is 77.4 Å². The number of nitrogens with zero attached hydrogens (tertiary/aromatic N) is 4. The number of halogens is 1. The van der Waals surface area contributed by atoms with Gasteiger partial charge in [-0.2, -0.15) is 15.6 Å². The predicted molar refractivity (Wildman–Crippen MR) is 225 cm³/mol. The molecule has 0 saturated carbocycles. The molecule has 0 amide bonds. The number of unbranched alkanes of at least 4 members (excludes halogenated alkanes) is 14. The highest BCUT2D eigenvalue weighted by Gasteiger charge is 2.58. The van der Waals surface area contributed by atoms with Crippen LogP contribution in [-0.2, 0) is 40.0 Å². The second-order valence-corrected chi connectivity index (χ2v) is 16.9. The number of hydrogen-bond donors (Lipinski definition) is 4. The van der Waals surface area contributed by atoms with Gasteiger partial charge in [0.05, 0.1) is 55.0 Å². The first-order valence-corrected chi connectivity index (χ1v) is 22.9. The molecule has 1 aliphatic rings. The number of anilines is 1. The number of phosphoric acid groups is 1. The van der Waals surface area contributed by atoms with E-state index in [0.29, 0.717) is 23.4 Å². The normalized spacial score (nSPS) is 20.7. The molecule has 1 aliphatic heterocycles. The van der Waals surface area contributed by atoms with Crippen LogP contribution < -0.4 is 5.73 Å². The molecule has 330 valence electrons. The van der Waals surface area contributed by atoms with Gasteiger partial charge in [-0.3, -0.25) is 9.05 Å². The highest BCUT2D eigenvalue weighted by molar-refractivity contribution is 7.47. The Labute approximate surface area is 353 Å². The molecule has 1 unspecified atom stereocenters. The topological polar surface area (TPSA) is 215 Å². The fraction of sp³-hybridized carbons (Fsp3) is 0.614. The number of ether oxygens (including phenoxy) is 3.